The van der Waals surface area contributed by atoms with E-state index in [0.717, 1.165) is 62.6 Å². The zero-order valence-electron chi connectivity index (χ0n) is 22.4. The van der Waals surface area contributed by atoms with Gasteiger partial charge >= 0.3 is 10.1 Å². The lowest BCUT2D eigenvalue weighted by Crippen LogP contribution is -2.10. The summed E-state index contributed by atoms with van der Waals surface area (Å²) in [5.74, 6) is 1.19. The van der Waals surface area contributed by atoms with Gasteiger partial charge in [-0.3, -0.25) is 4.28 Å². The summed E-state index contributed by atoms with van der Waals surface area (Å²) in [6.07, 6.45) is 7.78. The summed E-state index contributed by atoms with van der Waals surface area (Å²) < 4.78 is 30.4. The SMILES string of the molecule is CCC(CC(CC(C)c1ccc(S(=O)(=O)ON=C2CCCCC2)cc1)c1ccc(O)cc1)c1ccccc1. The van der Waals surface area contributed by atoms with Gasteiger partial charge in [0.05, 0.1) is 5.71 Å². The van der Waals surface area contributed by atoms with Crippen molar-refractivity contribution in [2.45, 2.75) is 87.9 Å². The number of benzene rings is 3. The lowest BCUT2D eigenvalue weighted by Gasteiger charge is -2.26. The molecular weight excluding hydrogens is 494 g/mol. The maximum absolute atomic E-state index is 12.7. The highest BCUT2D eigenvalue weighted by molar-refractivity contribution is 7.86. The van der Waals surface area contributed by atoms with E-state index < -0.39 is 10.1 Å². The van der Waals surface area contributed by atoms with Crippen LogP contribution in [0.15, 0.2) is 88.9 Å². The van der Waals surface area contributed by atoms with E-state index in [-0.39, 0.29) is 22.5 Å². The first-order chi connectivity index (χ1) is 18.4. The number of phenolic OH excluding ortho intramolecular Hbond substituents is 1. The average Bonchev–Trinajstić information content (AvgIpc) is 2.95. The normalized spacial score (nSPS) is 16.4. The molecule has 0 aromatic heterocycles. The molecule has 5 nitrogen and oxygen atoms in total. The fourth-order valence-corrected chi connectivity index (χ4v) is 6.20. The summed E-state index contributed by atoms with van der Waals surface area (Å²) in [6, 6.07) is 25.2. The molecule has 1 aliphatic carbocycles. The molecule has 0 saturated heterocycles. The van der Waals surface area contributed by atoms with Crippen LogP contribution in [0.1, 0.15) is 99.7 Å². The topological polar surface area (TPSA) is 76.0 Å². The highest BCUT2D eigenvalue weighted by atomic mass is 32.2. The van der Waals surface area contributed by atoms with Gasteiger partial charge in [-0.2, -0.15) is 8.42 Å². The Kier molecular flexibility index (Phi) is 9.62. The smallest absolute Gasteiger partial charge is 0.358 e. The van der Waals surface area contributed by atoms with Crippen LogP contribution in [-0.4, -0.2) is 19.2 Å². The number of nitrogens with zero attached hydrogens (tertiary/aromatic N) is 1. The molecule has 1 saturated carbocycles. The number of rotatable bonds is 11. The maximum atomic E-state index is 12.7. The van der Waals surface area contributed by atoms with Crippen LogP contribution < -0.4 is 0 Å². The predicted molar refractivity (Wildman–Crippen MR) is 153 cm³/mol. The van der Waals surface area contributed by atoms with E-state index in [1.807, 2.05) is 30.3 Å². The third-order valence-corrected chi connectivity index (χ3v) is 8.89. The lowest BCUT2D eigenvalue weighted by molar-refractivity contribution is 0.334. The van der Waals surface area contributed by atoms with Crippen LogP contribution in [0.5, 0.6) is 5.75 Å². The third kappa shape index (κ3) is 7.47. The highest BCUT2D eigenvalue weighted by Crippen LogP contribution is 2.39. The number of hydrogen-bond acceptors (Lipinski definition) is 5. The molecule has 3 aromatic carbocycles. The molecule has 3 atom stereocenters. The first-order valence-corrected chi connectivity index (χ1v) is 15.2. The predicted octanol–water partition coefficient (Wildman–Crippen LogP) is 8.28. The summed E-state index contributed by atoms with van der Waals surface area (Å²) in [7, 11) is -3.93. The number of phenols is 1. The van der Waals surface area contributed by atoms with Crippen molar-refractivity contribution in [3.63, 3.8) is 0 Å². The Morgan fingerprint density at radius 2 is 1.39 bits per heavy atom. The van der Waals surface area contributed by atoms with Gasteiger partial charge in [-0.15, -0.1) is 0 Å². The Bertz CT molecular complexity index is 1280. The Hall–Kier alpha value is -3.12. The molecule has 3 aromatic rings. The molecule has 0 aliphatic heterocycles. The van der Waals surface area contributed by atoms with Crippen molar-refractivity contribution in [2.24, 2.45) is 5.16 Å². The summed E-state index contributed by atoms with van der Waals surface area (Å²) in [4.78, 5) is 0.124. The van der Waals surface area contributed by atoms with E-state index in [1.165, 1.54) is 11.1 Å². The minimum absolute atomic E-state index is 0.124. The number of hydrogen-bond donors (Lipinski definition) is 1. The highest BCUT2D eigenvalue weighted by Gasteiger charge is 2.23. The minimum atomic E-state index is -3.93. The van der Waals surface area contributed by atoms with Crippen molar-refractivity contribution in [1.82, 2.24) is 0 Å². The fourth-order valence-electron chi connectivity index (χ4n) is 5.44. The molecule has 0 radical (unpaired) electrons. The second-order valence-electron chi connectivity index (χ2n) is 10.5. The van der Waals surface area contributed by atoms with Crippen LogP contribution >= 0.6 is 0 Å². The van der Waals surface area contributed by atoms with Gasteiger partial charge in [0, 0.05) is 0 Å². The molecule has 202 valence electrons. The van der Waals surface area contributed by atoms with Crippen LogP contribution in [0.25, 0.3) is 0 Å². The van der Waals surface area contributed by atoms with E-state index in [2.05, 4.69) is 43.3 Å². The summed E-state index contributed by atoms with van der Waals surface area (Å²) in [5, 5.41) is 13.8. The third-order valence-electron chi connectivity index (χ3n) is 7.77. The summed E-state index contributed by atoms with van der Waals surface area (Å²) in [5.41, 5.74) is 4.46. The van der Waals surface area contributed by atoms with Crippen LogP contribution in [-0.2, 0) is 14.4 Å². The van der Waals surface area contributed by atoms with E-state index >= 15 is 0 Å². The second kappa shape index (κ2) is 13.1. The Morgan fingerprint density at radius 1 is 0.789 bits per heavy atom. The average molecular weight is 534 g/mol. The molecule has 0 bridgehead atoms. The molecule has 0 amide bonds. The molecule has 0 heterocycles. The van der Waals surface area contributed by atoms with Gasteiger partial charge < -0.3 is 5.11 Å². The fraction of sp³-hybridized carbons (Fsp3) is 0.406. The van der Waals surface area contributed by atoms with Crippen LogP contribution in [0.3, 0.4) is 0 Å². The molecule has 38 heavy (non-hydrogen) atoms. The van der Waals surface area contributed by atoms with E-state index in [4.69, 9.17) is 4.28 Å². The number of oxime groups is 1. The van der Waals surface area contributed by atoms with Crippen molar-refractivity contribution < 1.29 is 17.8 Å². The van der Waals surface area contributed by atoms with Gasteiger partial charge in [0.1, 0.15) is 10.6 Å². The monoisotopic (exact) mass is 533 g/mol. The van der Waals surface area contributed by atoms with Crippen LogP contribution in [0.4, 0.5) is 0 Å². The van der Waals surface area contributed by atoms with Crippen molar-refractivity contribution in [2.75, 3.05) is 0 Å². The molecule has 1 N–H and O–H groups in total. The standard InChI is InChI=1S/C32H39NO4S/c1-3-25(27-10-6-4-7-11-27)23-29(28-14-18-31(34)19-15-28)22-24(2)26-16-20-32(21-17-26)38(35,36)37-33-30-12-8-5-9-13-30/h4,6-7,10-11,14-21,24-25,29,34H,3,5,8-9,12-13,22-23H2,1-2H3. The molecule has 6 heteroatoms. The Morgan fingerprint density at radius 3 is 2.03 bits per heavy atom. The molecule has 3 unspecified atom stereocenters. The van der Waals surface area contributed by atoms with Gasteiger partial charge in [0.15, 0.2) is 0 Å². The molecular formula is C32H39NO4S. The first-order valence-electron chi connectivity index (χ1n) is 13.8. The van der Waals surface area contributed by atoms with E-state index in [9.17, 15) is 13.5 Å². The molecule has 1 fully saturated rings. The van der Waals surface area contributed by atoms with E-state index in [0.29, 0.717) is 5.92 Å². The van der Waals surface area contributed by atoms with Crippen molar-refractivity contribution in [1.29, 1.82) is 0 Å². The van der Waals surface area contributed by atoms with Crippen molar-refractivity contribution in [3.05, 3.63) is 95.6 Å². The quantitative estimate of drug-likeness (QED) is 0.252. The minimum Gasteiger partial charge on any atom is -0.508 e. The largest absolute Gasteiger partial charge is 0.508 e. The van der Waals surface area contributed by atoms with Crippen molar-refractivity contribution >= 4 is 15.8 Å². The maximum Gasteiger partial charge on any atom is 0.358 e. The van der Waals surface area contributed by atoms with Gasteiger partial charge in [0.25, 0.3) is 0 Å². The zero-order valence-corrected chi connectivity index (χ0v) is 23.2. The molecule has 0 spiro atoms. The zero-order chi connectivity index (χ0) is 27.0. The van der Waals surface area contributed by atoms with Gasteiger partial charge in [0.2, 0.25) is 0 Å². The number of aromatic hydroxyl groups is 1. The lowest BCUT2D eigenvalue weighted by atomic mass is 9.78. The van der Waals surface area contributed by atoms with Gasteiger partial charge in [-0.25, -0.2) is 0 Å². The van der Waals surface area contributed by atoms with Crippen molar-refractivity contribution in [3.8, 4) is 5.75 Å². The van der Waals surface area contributed by atoms with Crippen LogP contribution in [0, 0.1) is 0 Å². The Balaban J connectivity index is 1.48. The summed E-state index contributed by atoms with van der Waals surface area (Å²) in [6.45, 7) is 4.42. The molecule has 4 rings (SSSR count). The van der Waals surface area contributed by atoms with Gasteiger partial charge in [-0.05, 0) is 104 Å². The summed E-state index contributed by atoms with van der Waals surface area (Å²) >= 11 is 0. The van der Waals surface area contributed by atoms with Crippen LogP contribution in [0.2, 0.25) is 0 Å². The second-order valence-corrected chi connectivity index (χ2v) is 12.0. The molecule has 1 aliphatic rings. The Labute approximate surface area is 227 Å². The first kappa shape index (κ1) is 27.9. The van der Waals surface area contributed by atoms with Gasteiger partial charge in [-0.1, -0.05) is 80.0 Å². The van der Waals surface area contributed by atoms with E-state index in [1.54, 1.807) is 24.3 Å².